The molecule has 4 aromatic carbocycles. The Kier molecular flexibility index (Phi) is 4.47. The first kappa shape index (κ1) is 20.0. The van der Waals surface area contributed by atoms with Gasteiger partial charge in [0.05, 0.1) is 5.41 Å². The molecule has 0 aromatic heterocycles. The summed E-state index contributed by atoms with van der Waals surface area (Å²) in [5.74, 6) is 0. The van der Waals surface area contributed by atoms with Gasteiger partial charge in [-0.1, -0.05) is 134 Å². The van der Waals surface area contributed by atoms with E-state index in [0.29, 0.717) is 0 Å². The van der Waals surface area contributed by atoms with Crippen LogP contribution in [-0.2, 0) is 0 Å². The van der Waals surface area contributed by atoms with E-state index in [-0.39, 0.29) is 5.41 Å². The Balaban J connectivity index is 0.000000176. The average molecular weight is 445 g/mol. The molecular weight excluding hydrogens is 420 g/mol. The van der Waals surface area contributed by atoms with Crippen molar-refractivity contribution in [1.29, 1.82) is 0 Å². The predicted molar refractivity (Wildman–Crippen MR) is 149 cm³/mol. The smallest absolute Gasteiger partial charge is 0.0581 e. The van der Waals surface area contributed by atoms with Crippen molar-refractivity contribution in [3.05, 3.63) is 167 Å². The highest BCUT2D eigenvalue weighted by Crippen LogP contribution is 2.58. The number of fused-ring (bicyclic) bond motifs is 9. The topological polar surface area (TPSA) is 0 Å². The van der Waals surface area contributed by atoms with Crippen LogP contribution in [0.25, 0.3) is 34.1 Å². The molecule has 0 aliphatic heterocycles. The van der Waals surface area contributed by atoms with Gasteiger partial charge in [-0.25, -0.2) is 0 Å². The fraction of sp³-hybridized carbons (Fsp3) is 0.0286. The second-order valence-corrected chi connectivity index (χ2v) is 9.39. The van der Waals surface area contributed by atoms with Crippen molar-refractivity contribution >= 4 is 34.1 Å². The maximum Gasteiger partial charge on any atom is 0.0581 e. The maximum absolute atomic E-state index is 2.38. The summed E-state index contributed by atoms with van der Waals surface area (Å²) in [5, 5.41) is 2.62. The average Bonchev–Trinajstić information content (AvgIpc) is 3.50. The number of hydrogen-bond donors (Lipinski definition) is 0. The van der Waals surface area contributed by atoms with Crippen LogP contribution in [0.5, 0.6) is 0 Å². The van der Waals surface area contributed by atoms with E-state index >= 15 is 0 Å². The van der Waals surface area contributed by atoms with E-state index in [1.807, 2.05) is 0 Å². The summed E-state index contributed by atoms with van der Waals surface area (Å²) < 4.78 is 0. The van der Waals surface area contributed by atoms with Gasteiger partial charge in [0, 0.05) is 0 Å². The summed E-state index contributed by atoms with van der Waals surface area (Å²) in [6.45, 7) is 0. The zero-order chi connectivity index (χ0) is 23.2. The van der Waals surface area contributed by atoms with Crippen molar-refractivity contribution in [2.45, 2.75) is 0 Å². The minimum atomic E-state index is -0.161. The van der Waals surface area contributed by atoms with Crippen LogP contribution in [0.2, 0.25) is 0 Å². The van der Waals surface area contributed by atoms with Crippen LogP contribution in [0.4, 0.5) is 0 Å². The summed E-state index contributed by atoms with van der Waals surface area (Å²) in [6.07, 6.45) is 18.4. The van der Waals surface area contributed by atoms with Crippen LogP contribution in [0.1, 0.15) is 22.3 Å². The molecule has 8 rings (SSSR count). The second kappa shape index (κ2) is 7.82. The molecular formula is C35H24. The molecule has 0 atom stereocenters. The van der Waals surface area contributed by atoms with Crippen LogP contribution in [-0.4, -0.2) is 0 Å². The molecule has 0 radical (unpaired) electrons. The lowest BCUT2D eigenvalue weighted by atomic mass is 9.65. The van der Waals surface area contributed by atoms with Gasteiger partial charge < -0.3 is 0 Å². The molecule has 0 N–H and O–H groups in total. The van der Waals surface area contributed by atoms with Gasteiger partial charge >= 0.3 is 0 Å². The number of allylic oxidation sites excluding steroid dienone is 10. The van der Waals surface area contributed by atoms with Gasteiger partial charge in [0.15, 0.2) is 0 Å². The Morgan fingerprint density at radius 3 is 1.29 bits per heavy atom. The van der Waals surface area contributed by atoms with Crippen LogP contribution >= 0.6 is 0 Å². The normalized spacial score (nSPS) is 17.3. The van der Waals surface area contributed by atoms with Gasteiger partial charge in [0.1, 0.15) is 0 Å². The van der Waals surface area contributed by atoms with Crippen LogP contribution < -0.4 is 0 Å². The fourth-order valence-electron chi connectivity index (χ4n) is 5.82. The fourth-order valence-corrected chi connectivity index (χ4v) is 5.82. The molecule has 1 spiro atoms. The van der Waals surface area contributed by atoms with Gasteiger partial charge in [-0.15, -0.1) is 0 Å². The Morgan fingerprint density at radius 1 is 0.429 bits per heavy atom. The first-order chi connectivity index (χ1) is 17.3. The third-order valence-corrected chi connectivity index (χ3v) is 7.48. The summed E-state index contributed by atoms with van der Waals surface area (Å²) in [7, 11) is 0. The molecule has 0 fully saturated rings. The number of hydrogen-bond acceptors (Lipinski definition) is 0. The molecule has 4 aromatic rings. The highest BCUT2D eigenvalue weighted by molar-refractivity contribution is 6.05. The van der Waals surface area contributed by atoms with E-state index in [1.165, 1.54) is 55.3 Å². The van der Waals surface area contributed by atoms with Gasteiger partial charge in [-0.3, -0.25) is 0 Å². The lowest BCUT2D eigenvalue weighted by Crippen LogP contribution is -2.24. The quantitative estimate of drug-likeness (QED) is 0.254. The molecule has 0 nitrogen and oxygen atoms in total. The van der Waals surface area contributed by atoms with Crippen molar-refractivity contribution in [3.8, 4) is 0 Å². The lowest BCUT2D eigenvalue weighted by molar-refractivity contribution is 0.754. The lowest BCUT2D eigenvalue weighted by Gasteiger charge is -2.36. The van der Waals surface area contributed by atoms with Gasteiger partial charge in [-0.05, 0) is 67.5 Å². The summed E-state index contributed by atoms with van der Waals surface area (Å²) >= 11 is 0. The molecule has 0 amide bonds. The first-order valence-electron chi connectivity index (χ1n) is 12.2. The van der Waals surface area contributed by atoms with Crippen molar-refractivity contribution in [2.75, 3.05) is 0 Å². The van der Waals surface area contributed by atoms with Gasteiger partial charge in [0.2, 0.25) is 0 Å². The Bertz CT molecular complexity index is 1520. The molecule has 164 valence electrons. The zero-order valence-corrected chi connectivity index (χ0v) is 19.4. The molecule has 4 aliphatic rings. The Hall–Kier alpha value is -4.42. The SMILES string of the molecule is C1=CC2(C=CC=C3C2=Cc2ccccc23)C2=Cc3ccccc3C2=C1.c1ccc2ccccc2c1. The van der Waals surface area contributed by atoms with E-state index in [0.717, 1.165) is 0 Å². The minimum Gasteiger partial charge on any atom is -0.0657 e. The van der Waals surface area contributed by atoms with Crippen molar-refractivity contribution < 1.29 is 0 Å². The standard InChI is InChI=1S/C25H16.C10H8/c1-3-9-19-17(7-1)15-23-21(19)11-5-13-25(23)14-6-12-22-20-10-4-2-8-18(20)16-24(22)25;1-2-6-10-8-4-3-7-9(10)5-1/h1-16H;1-8H. The maximum atomic E-state index is 2.38. The largest absolute Gasteiger partial charge is 0.0657 e. The monoisotopic (exact) mass is 444 g/mol. The van der Waals surface area contributed by atoms with E-state index in [1.54, 1.807) is 0 Å². The first-order valence-corrected chi connectivity index (χ1v) is 12.2. The minimum absolute atomic E-state index is 0.161. The van der Waals surface area contributed by atoms with Gasteiger partial charge in [-0.2, -0.15) is 0 Å². The van der Waals surface area contributed by atoms with Crippen LogP contribution in [0, 0.1) is 5.41 Å². The predicted octanol–water partition coefficient (Wildman–Crippen LogP) is 8.91. The molecule has 0 unspecified atom stereocenters. The van der Waals surface area contributed by atoms with E-state index in [2.05, 4.69) is 146 Å². The van der Waals surface area contributed by atoms with Crippen LogP contribution in [0.15, 0.2) is 145 Å². The molecule has 0 heterocycles. The van der Waals surface area contributed by atoms with E-state index in [4.69, 9.17) is 0 Å². The molecule has 0 saturated carbocycles. The third-order valence-electron chi connectivity index (χ3n) is 7.48. The second-order valence-electron chi connectivity index (χ2n) is 9.39. The van der Waals surface area contributed by atoms with Crippen LogP contribution in [0.3, 0.4) is 0 Å². The van der Waals surface area contributed by atoms with E-state index < -0.39 is 0 Å². The highest BCUT2D eigenvalue weighted by Gasteiger charge is 2.43. The Labute approximate surface area is 206 Å². The summed E-state index contributed by atoms with van der Waals surface area (Å²) in [4.78, 5) is 0. The van der Waals surface area contributed by atoms with Crippen molar-refractivity contribution in [3.63, 3.8) is 0 Å². The molecule has 0 saturated heterocycles. The van der Waals surface area contributed by atoms with Crippen molar-refractivity contribution in [2.24, 2.45) is 5.41 Å². The molecule has 0 heteroatoms. The Morgan fingerprint density at radius 2 is 0.829 bits per heavy atom. The molecule has 0 bridgehead atoms. The summed E-state index contributed by atoms with van der Waals surface area (Å²) in [6, 6.07) is 34.1. The third kappa shape index (κ3) is 3.07. The van der Waals surface area contributed by atoms with Gasteiger partial charge in [0.25, 0.3) is 0 Å². The number of benzene rings is 4. The van der Waals surface area contributed by atoms with E-state index in [9.17, 15) is 0 Å². The number of rotatable bonds is 0. The summed E-state index contributed by atoms with van der Waals surface area (Å²) in [5.41, 5.74) is 10.7. The highest BCUT2D eigenvalue weighted by atomic mass is 14.5. The van der Waals surface area contributed by atoms with Crippen molar-refractivity contribution in [1.82, 2.24) is 0 Å². The molecule has 35 heavy (non-hydrogen) atoms. The molecule has 4 aliphatic carbocycles. The zero-order valence-electron chi connectivity index (χ0n) is 19.4.